The first-order valence-corrected chi connectivity index (χ1v) is 9.53. The molecule has 1 aliphatic heterocycles. The van der Waals surface area contributed by atoms with Gasteiger partial charge in [0.1, 0.15) is 5.75 Å². The number of nitrogens with one attached hydrogen (secondary N) is 1. The van der Waals surface area contributed by atoms with Crippen LogP contribution in [0.1, 0.15) is 24.0 Å². The number of amides is 2. The summed E-state index contributed by atoms with van der Waals surface area (Å²) in [6.07, 6.45) is -0.556. The maximum absolute atomic E-state index is 13.2. The van der Waals surface area contributed by atoms with Crippen LogP contribution in [-0.4, -0.2) is 25.0 Å². The van der Waals surface area contributed by atoms with E-state index in [1.54, 1.807) is 37.1 Å². The van der Waals surface area contributed by atoms with Gasteiger partial charge in [-0.15, -0.1) is 0 Å². The lowest BCUT2D eigenvalue weighted by molar-refractivity contribution is -0.125. The zero-order chi connectivity index (χ0) is 20.4. The van der Waals surface area contributed by atoms with Crippen LogP contribution in [0.4, 0.5) is 11.4 Å². The normalized spacial score (nSPS) is 15.6. The summed E-state index contributed by atoms with van der Waals surface area (Å²) in [6.45, 7) is 1.72. The zero-order valence-electron chi connectivity index (χ0n) is 16.3. The van der Waals surface area contributed by atoms with Crippen molar-refractivity contribution >= 4 is 23.2 Å². The number of hydrogen-bond donors (Lipinski definition) is 1. The SMILES string of the molecule is CC1Oc2cc(NC(=O)C(c3ccccc3)c3ccccc3)ccc2N(C)C1=O. The average Bonchev–Trinajstić information content (AvgIpc) is 2.74. The standard InChI is InChI=1S/C24H22N2O3/c1-16-24(28)26(2)20-14-13-19(15-21(20)29-16)25-23(27)22(17-9-5-3-6-10-17)18-11-7-4-8-12-18/h3-16,22H,1-2H3,(H,25,27). The fourth-order valence-electron chi connectivity index (χ4n) is 3.60. The molecule has 1 unspecified atom stereocenters. The van der Waals surface area contributed by atoms with Crippen molar-refractivity contribution < 1.29 is 14.3 Å². The minimum atomic E-state index is -0.556. The molecule has 1 heterocycles. The minimum Gasteiger partial charge on any atom is -0.479 e. The summed E-state index contributed by atoms with van der Waals surface area (Å²) in [5.41, 5.74) is 3.16. The second-order valence-electron chi connectivity index (χ2n) is 7.08. The van der Waals surface area contributed by atoms with E-state index in [1.165, 1.54) is 0 Å². The summed E-state index contributed by atoms with van der Waals surface area (Å²) in [5, 5.41) is 3.01. The molecule has 0 fully saturated rings. The van der Waals surface area contributed by atoms with Crippen LogP contribution < -0.4 is 15.0 Å². The van der Waals surface area contributed by atoms with Crippen LogP contribution in [0.25, 0.3) is 0 Å². The third-order valence-electron chi connectivity index (χ3n) is 5.10. The molecule has 29 heavy (non-hydrogen) atoms. The third kappa shape index (κ3) is 3.72. The number of likely N-dealkylation sites (N-methyl/N-ethyl adjacent to an activating group) is 1. The average molecular weight is 386 g/mol. The molecule has 4 rings (SSSR count). The molecule has 146 valence electrons. The number of carbonyl (C=O) groups is 2. The highest BCUT2D eigenvalue weighted by Gasteiger charge is 2.29. The fourth-order valence-corrected chi connectivity index (χ4v) is 3.60. The number of nitrogens with zero attached hydrogens (tertiary/aromatic N) is 1. The second-order valence-corrected chi connectivity index (χ2v) is 7.08. The summed E-state index contributed by atoms with van der Waals surface area (Å²) in [5.74, 6) is -0.0796. The summed E-state index contributed by atoms with van der Waals surface area (Å²) < 4.78 is 5.72. The van der Waals surface area contributed by atoms with Crippen LogP contribution in [0.5, 0.6) is 5.75 Å². The van der Waals surface area contributed by atoms with Gasteiger partial charge in [-0.2, -0.15) is 0 Å². The van der Waals surface area contributed by atoms with E-state index in [2.05, 4.69) is 5.32 Å². The van der Waals surface area contributed by atoms with Gasteiger partial charge in [-0.05, 0) is 30.2 Å². The molecule has 0 spiro atoms. The van der Waals surface area contributed by atoms with Crippen molar-refractivity contribution in [3.63, 3.8) is 0 Å². The number of anilines is 2. The molecule has 0 bridgehead atoms. The van der Waals surface area contributed by atoms with Gasteiger partial charge >= 0.3 is 0 Å². The van der Waals surface area contributed by atoms with Gasteiger partial charge in [-0.1, -0.05) is 60.7 Å². The lowest BCUT2D eigenvalue weighted by atomic mass is 9.90. The predicted octanol–water partition coefficient (Wildman–Crippen LogP) is 4.20. The van der Waals surface area contributed by atoms with Gasteiger partial charge in [-0.3, -0.25) is 9.59 Å². The van der Waals surface area contributed by atoms with Crippen molar-refractivity contribution in [2.24, 2.45) is 0 Å². The number of fused-ring (bicyclic) bond motifs is 1. The van der Waals surface area contributed by atoms with Crippen LogP contribution in [0.2, 0.25) is 0 Å². The number of carbonyl (C=O) groups excluding carboxylic acids is 2. The predicted molar refractivity (Wildman–Crippen MR) is 113 cm³/mol. The molecule has 0 radical (unpaired) electrons. The van der Waals surface area contributed by atoms with Crippen LogP contribution in [0, 0.1) is 0 Å². The Bertz CT molecular complexity index is 995. The summed E-state index contributed by atoms with van der Waals surface area (Å²) in [4.78, 5) is 26.9. The monoisotopic (exact) mass is 386 g/mol. The highest BCUT2D eigenvalue weighted by atomic mass is 16.5. The first-order chi connectivity index (χ1) is 14.0. The van der Waals surface area contributed by atoms with Gasteiger partial charge in [0.15, 0.2) is 6.10 Å². The molecule has 5 heteroatoms. The number of hydrogen-bond acceptors (Lipinski definition) is 3. The molecule has 5 nitrogen and oxygen atoms in total. The summed E-state index contributed by atoms with van der Waals surface area (Å²) in [7, 11) is 1.72. The Morgan fingerprint density at radius 1 is 0.966 bits per heavy atom. The quantitative estimate of drug-likeness (QED) is 0.731. The number of benzene rings is 3. The Balaban J connectivity index is 1.64. The molecule has 3 aromatic rings. The first-order valence-electron chi connectivity index (χ1n) is 9.53. The lowest BCUT2D eigenvalue weighted by Crippen LogP contribution is -2.41. The summed E-state index contributed by atoms with van der Waals surface area (Å²) >= 11 is 0. The van der Waals surface area contributed by atoms with Gasteiger partial charge in [0.25, 0.3) is 5.91 Å². The molecule has 1 N–H and O–H groups in total. The van der Waals surface area contributed by atoms with Crippen molar-refractivity contribution in [1.29, 1.82) is 0 Å². The third-order valence-corrected chi connectivity index (χ3v) is 5.10. The molecule has 0 saturated carbocycles. The van der Waals surface area contributed by atoms with E-state index in [0.717, 1.165) is 11.1 Å². The van der Waals surface area contributed by atoms with Gasteiger partial charge in [0.05, 0.1) is 11.6 Å². The van der Waals surface area contributed by atoms with Crippen molar-refractivity contribution in [3.05, 3.63) is 90.0 Å². The molecule has 2 amide bonds. The molecular formula is C24H22N2O3. The van der Waals surface area contributed by atoms with Crippen LogP contribution in [0.3, 0.4) is 0 Å². The van der Waals surface area contributed by atoms with Gasteiger partial charge in [0, 0.05) is 18.8 Å². The van der Waals surface area contributed by atoms with E-state index in [1.807, 2.05) is 60.7 Å². The smallest absolute Gasteiger partial charge is 0.267 e. The van der Waals surface area contributed by atoms with E-state index < -0.39 is 12.0 Å². The van der Waals surface area contributed by atoms with E-state index >= 15 is 0 Å². The minimum absolute atomic E-state index is 0.0949. The Hall–Kier alpha value is -3.60. The molecule has 3 aromatic carbocycles. The molecular weight excluding hydrogens is 364 g/mol. The topological polar surface area (TPSA) is 58.6 Å². The molecule has 1 atom stereocenters. The van der Waals surface area contributed by atoms with Crippen molar-refractivity contribution in [3.8, 4) is 5.75 Å². The maximum Gasteiger partial charge on any atom is 0.267 e. The van der Waals surface area contributed by atoms with Gasteiger partial charge in [0.2, 0.25) is 5.91 Å². The van der Waals surface area contributed by atoms with Crippen LogP contribution >= 0.6 is 0 Å². The van der Waals surface area contributed by atoms with Crippen molar-refractivity contribution in [2.45, 2.75) is 18.9 Å². The van der Waals surface area contributed by atoms with Gasteiger partial charge in [-0.25, -0.2) is 0 Å². The molecule has 0 aromatic heterocycles. The highest BCUT2D eigenvalue weighted by Crippen LogP contribution is 2.36. The second kappa shape index (κ2) is 7.80. The van der Waals surface area contributed by atoms with Crippen LogP contribution in [-0.2, 0) is 9.59 Å². The maximum atomic E-state index is 13.2. The van der Waals surface area contributed by atoms with Crippen molar-refractivity contribution in [2.75, 3.05) is 17.3 Å². The first kappa shape index (κ1) is 18.7. The van der Waals surface area contributed by atoms with Crippen molar-refractivity contribution in [1.82, 2.24) is 0 Å². The molecule has 0 saturated heterocycles. The Morgan fingerprint density at radius 2 is 1.55 bits per heavy atom. The number of rotatable bonds is 4. The Labute approximate surface area is 169 Å². The van der Waals surface area contributed by atoms with E-state index in [0.29, 0.717) is 17.1 Å². The Morgan fingerprint density at radius 3 is 2.14 bits per heavy atom. The highest BCUT2D eigenvalue weighted by molar-refractivity contribution is 6.01. The summed E-state index contributed by atoms with van der Waals surface area (Å²) in [6, 6.07) is 24.7. The van der Waals surface area contributed by atoms with Gasteiger partial charge < -0.3 is 15.0 Å². The number of ether oxygens (including phenoxy) is 1. The fraction of sp³-hybridized carbons (Fsp3) is 0.167. The van der Waals surface area contributed by atoms with Crippen LogP contribution in [0.15, 0.2) is 78.9 Å². The van der Waals surface area contributed by atoms with E-state index in [-0.39, 0.29) is 11.8 Å². The largest absolute Gasteiger partial charge is 0.479 e. The molecule has 1 aliphatic rings. The van der Waals surface area contributed by atoms with E-state index in [4.69, 9.17) is 4.74 Å². The molecule has 0 aliphatic carbocycles. The lowest BCUT2D eigenvalue weighted by Gasteiger charge is -2.30. The Kier molecular flexibility index (Phi) is 5.04. The zero-order valence-corrected chi connectivity index (χ0v) is 16.3. The van der Waals surface area contributed by atoms with E-state index in [9.17, 15) is 9.59 Å².